The second-order valence-corrected chi connectivity index (χ2v) is 6.90. The molecular formula is C12H16N2O3S2. The largest absolute Gasteiger partial charge is 0.356 e. The van der Waals surface area contributed by atoms with E-state index in [4.69, 9.17) is 0 Å². The van der Waals surface area contributed by atoms with E-state index in [0.29, 0.717) is 15.1 Å². The third kappa shape index (κ3) is 3.09. The molecule has 1 fully saturated rings. The molecule has 2 rings (SSSR count). The van der Waals surface area contributed by atoms with Crippen LogP contribution in [0.5, 0.6) is 0 Å². The molecule has 0 spiro atoms. The van der Waals surface area contributed by atoms with Gasteiger partial charge in [0.15, 0.2) is 10.8 Å². The molecule has 0 saturated carbocycles. The Morgan fingerprint density at radius 1 is 1.63 bits per heavy atom. The number of anilines is 1. The van der Waals surface area contributed by atoms with E-state index < -0.39 is 0 Å². The molecule has 19 heavy (non-hydrogen) atoms. The van der Waals surface area contributed by atoms with Gasteiger partial charge >= 0.3 is 5.69 Å². The van der Waals surface area contributed by atoms with Crippen LogP contribution in [0, 0.1) is 10.1 Å². The summed E-state index contributed by atoms with van der Waals surface area (Å²) in [5.74, 6) is 0.862. The molecule has 0 aromatic carbocycles. The summed E-state index contributed by atoms with van der Waals surface area (Å²) in [6.07, 6.45) is 1.06. The number of rotatable bonds is 4. The van der Waals surface area contributed by atoms with E-state index >= 15 is 0 Å². The van der Waals surface area contributed by atoms with E-state index in [1.165, 1.54) is 24.3 Å². The van der Waals surface area contributed by atoms with E-state index in [1.54, 1.807) is 0 Å². The fourth-order valence-corrected chi connectivity index (χ4v) is 4.29. The smallest absolute Gasteiger partial charge is 0.304 e. The van der Waals surface area contributed by atoms with Gasteiger partial charge in [-0.2, -0.15) is 11.8 Å². The molecule has 0 aliphatic carbocycles. The summed E-state index contributed by atoms with van der Waals surface area (Å²) in [5, 5.41) is 12.3. The molecule has 1 atom stereocenters. The number of nitro groups is 1. The molecule has 1 saturated heterocycles. The summed E-state index contributed by atoms with van der Waals surface area (Å²) in [6, 6.07) is 1.41. The lowest BCUT2D eigenvalue weighted by molar-refractivity contribution is -0.383. The quantitative estimate of drug-likeness (QED) is 0.485. The summed E-state index contributed by atoms with van der Waals surface area (Å²) < 4.78 is 0. The van der Waals surface area contributed by atoms with Crippen LogP contribution in [0.2, 0.25) is 0 Å². The Hall–Kier alpha value is -1.08. The molecular weight excluding hydrogens is 284 g/mol. The van der Waals surface area contributed by atoms with Crippen LogP contribution in [0.1, 0.15) is 29.9 Å². The van der Waals surface area contributed by atoms with Crippen molar-refractivity contribution in [3.8, 4) is 0 Å². The molecule has 7 heteroatoms. The Bertz CT molecular complexity index is 501. The van der Waals surface area contributed by atoms with Gasteiger partial charge in [0, 0.05) is 30.2 Å². The van der Waals surface area contributed by atoms with Gasteiger partial charge in [0.05, 0.1) is 9.80 Å². The molecule has 2 heterocycles. The molecule has 1 aliphatic heterocycles. The van der Waals surface area contributed by atoms with Crippen molar-refractivity contribution < 1.29 is 9.72 Å². The van der Waals surface area contributed by atoms with Crippen molar-refractivity contribution in [1.82, 2.24) is 0 Å². The highest BCUT2D eigenvalue weighted by molar-refractivity contribution is 8.00. The second kappa shape index (κ2) is 5.92. The SMILES string of the molecule is CCC1CN(c2sc(C(C)=O)cc2[N+](=O)[O-])CCS1. The average molecular weight is 300 g/mol. The van der Waals surface area contributed by atoms with Crippen LogP contribution in [0.25, 0.3) is 0 Å². The lowest BCUT2D eigenvalue weighted by Crippen LogP contribution is -2.37. The molecule has 0 radical (unpaired) electrons. The van der Waals surface area contributed by atoms with Gasteiger partial charge < -0.3 is 4.90 Å². The van der Waals surface area contributed by atoms with E-state index in [2.05, 4.69) is 11.8 Å². The van der Waals surface area contributed by atoms with Gasteiger partial charge in [0.1, 0.15) is 0 Å². The average Bonchev–Trinajstić information content (AvgIpc) is 2.84. The molecule has 1 aliphatic rings. The van der Waals surface area contributed by atoms with Crippen molar-refractivity contribution in [3.63, 3.8) is 0 Å². The standard InChI is InChI=1S/C12H16N2O3S2/c1-3-9-7-13(4-5-18-9)12-10(14(16)17)6-11(19-12)8(2)15/h6,9H,3-5,7H2,1-2H3. The minimum absolute atomic E-state index is 0.0666. The van der Waals surface area contributed by atoms with E-state index in [-0.39, 0.29) is 16.4 Å². The summed E-state index contributed by atoms with van der Waals surface area (Å²) in [6.45, 7) is 5.20. The number of nitrogens with zero attached hydrogens (tertiary/aromatic N) is 2. The molecule has 0 N–H and O–H groups in total. The molecule has 0 amide bonds. The molecule has 5 nitrogen and oxygen atoms in total. The predicted molar refractivity (Wildman–Crippen MR) is 79.7 cm³/mol. The number of hydrogen-bond donors (Lipinski definition) is 0. The Labute approximate surface area is 120 Å². The van der Waals surface area contributed by atoms with E-state index in [1.807, 2.05) is 11.8 Å². The van der Waals surface area contributed by atoms with Crippen molar-refractivity contribution >= 4 is 39.6 Å². The number of thiophene rings is 1. The van der Waals surface area contributed by atoms with Crippen molar-refractivity contribution in [1.29, 1.82) is 0 Å². The highest BCUT2D eigenvalue weighted by atomic mass is 32.2. The van der Waals surface area contributed by atoms with Gasteiger partial charge in [-0.15, -0.1) is 11.3 Å². The van der Waals surface area contributed by atoms with Crippen LogP contribution >= 0.6 is 23.1 Å². The van der Waals surface area contributed by atoms with Crippen LogP contribution in [0.15, 0.2) is 6.07 Å². The van der Waals surface area contributed by atoms with Crippen molar-refractivity contribution in [3.05, 3.63) is 21.1 Å². The first-order valence-corrected chi connectivity index (χ1v) is 8.05. The second-order valence-electron chi connectivity index (χ2n) is 4.46. The van der Waals surface area contributed by atoms with E-state index in [0.717, 1.165) is 25.3 Å². The number of carbonyl (C=O) groups excluding carboxylic acids is 1. The first kappa shape index (κ1) is 14.3. The maximum absolute atomic E-state index is 11.4. The molecule has 1 unspecified atom stereocenters. The number of thioether (sulfide) groups is 1. The van der Waals surface area contributed by atoms with Crippen LogP contribution < -0.4 is 4.90 Å². The topological polar surface area (TPSA) is 63.5 Å². The van der Waals surface area contributed by atoms with Crippen LogP contribution in [0.3, 0.4) is 0 Å². The van der Waals surface area contributed by atoms with Crippen molar-refractivity contribution in [2.75, 3.05) is 23.7 Å². The normalized spacial score (nSPS) is 19.5. The van der Waals surface area contributed by atoms with Gasteiger partial charge in [-0.05, 0) is 13.3 Å². The zero-order valence-electron chi connectivity index (χ0n) is 10.9. The lowest BCUT2D eigenvalue weighted by atomic mass is 10.3. The lowest BCUT2D eigenvalue weighted by Gasteiger charge is -2.32. The van der Waals surface area contributed by atoms with Gasteiger partial charge in [-0.1, -0.05) is 6.92 Å². The van der Waals surface area contributed by atoms with Crippen LogP contribution in [-0.2, 0) is 0 Å². The summed E-state index contributed by atoms with van der Waals surface area (Å²) in [7, 11) is 0. The monoisotopic (exact) mass is 300 g/mol. The zero-order chi connectivity index (χ0) is 14.0. The fourth-order valence-electron chi connectivity index (χ4n) is 2.05. The highest BCUT2D eigenvalue weighted by Crippen LogP contribution is 2.39. The number of ketones is 1. The highest BCUT2D eigenvalue weighted by Gasteiger charge is 2.28. The fraction of sp³-hybridized carbons (Fsp3) is 0.583. The maximum atomic E-state index is 11.4. The first-order chi connectivity index (χ1) is 9.02. The molecule has 104 valence electrons. The minimum Gasteiger partial charge on any atom is -0.356 e. The minimum atomic E-state index is -0.388. The zero-order valence-corrected chi connectivity index (χ0v) is 12.6. The Balaban J connectivity index is 2.32. The van der Waals surface area contributed by atoms with Gasteiger partial charge in [0.25, 0.3) is 0 Å². The number of hydrogen-bond acceptors (Lipinski definition) is 6. The number of Topliss-reactive ketones (excluding diaryl/α,β-unsaturated/α-hetero) is 1. The first-order valence-electron chi connectivity index (χ1n) is 6.18. The van der Waals surface area contributed by atoms with E-state index in [9.17, 15) is 14.9 Å². The van der Waals surface area contributed by atoms with Gasteiger partial charge in [-0.3, -0.25) is 14.9 Å². The Morgan fingerprint density at radius 3 is 2.95 bits per heavy atom. The Morgan fingerprint density at radius 2 is 2.37 bits per heavy atom. The van der Waals surface area contributed by atoms with Crippen molar-refractivity contribution in [2.24, 2.45) is 0 Å². The third-order valence-corrected chi connectivity index (χ3v) is 5.78. The molecule has 1 aromatic heterocycles. The molecule has 0 bridgehead atoms. The number of carbonyl (C=O) groups is 1. The van der Waals surface area contributed by atoms with Gasteiger partial charge in [0.2, 0.25) is 0 Å². The van der Waals surface area contributed by atoms with Crippen LogP contribution in [0.4, 0.5) is 10.7 Å². The predicted octanol–water partition coefficient (Wildman–Crippen LogP) is 3.19. The van der Waals surface area contributed by atoms with Gasteiger partial charge in [-0.25, -0.2) is 0 Å². The summed E-state index contributed by atoms with van der Waals surface area (Å²) in [4.78, 5) is 24.7. The summed E-state index contributed by atoms with van der Waals surface area (Å²) in [5.41, 5.74) is 0.0666. The third-order valence-electron chi connectivity index (χ3n) is 3.12. The van der Waals surface area contributed by atoms with Crippen LogP contribution in [-0.4, -0.2) is 34.8 Å². The van der Waals surface area contributed by atoms with Crippen molar-refractivity contribution in [2.45, 2.75) is 25.5 Å². The Kier molecular flexibility index (Phi) is 4.46. The maximum Gasteiger partial charge on any atom is 0.304 e. The molecule has 1 aromatic rings. The summed E-state index contributed by atoms with van der Waals surface area (Å²) >= 11 is 3.16.